The quantitative estimate of drug-likeness (QED) is 0.543. The molecule has 0 bridgehead atoms. The van der Waals surface area contributed by atoms with E-state index in [4.69, 9.17) is 27.9 Å². The van der Waals surface area contributed by atoms with Crippen molar-refractivity contribution in [1.29, 1.82) is 0 Å². The van der Waals surface area contributed by atoms with E-state index in [-0.39, 0.29) is 18.4 Å². The fraction of sp³-hybridized carbons (Fsp3) is 0.536. The molecule has 1 aliphatic heterocycles. The van der Waals surface area contributed by atoms with Gasteiger partial charge in [0.1, 0.15) is 5.75 Å². The molecule has 3 fully saturated rings. The topological polar surface area (TPSA) is 61.8 Å². The van der Waals surface area contributed by atoms with Crippen molar-refractivity contribution >= 4 is 29.1 Å². The van der Waals surface area contributed by atoms with Gasteiger partial charge in [-0.3, -0.25) is 4.79 Å². The monoisotopic (exact) mass is 516 g/mol. The van der Waals surface area contributed by atoms with E-state index in [2.05, 4.69) is 22.3 Å². The van der Waals surface area contributed by atoms with Crippen LogP contribution in [0.15, 0.2) is 42.5 Å². The summed E-state index contributed by atoms with van der Waals surface area (Å²) in [7, 11) is 1.67. The SMILES string of the molecule is COc1cccc(C23CCN(CC4CC4)CC2(O)CC[C@H](NC(=O)Cc2ccc(Cl)c(Cl)c2)C3)c1. The molecule has 3 aliphatic rings. The Bertz CT molecular complexity index is 1090. The summed E-state index contributed by atoms with van der Waals surface area (Å²) in [6.07, 6.45) is 5.85. The van der Waals surface area contributed by atoms with Gasteiger partial charge in [0.25, 0.3) is 0 Å². The summed E-state index contributed by atoms with van der Waals surface area (Å²) in [5.74, 6) is 1.55. The van der Waals surface area contributed by atoms with E-state index < -0.39 is 11.0 Å². The number of nitrogens with zero attached hydrogens (tertiary/aromatic N) is 1. The lowest BCUT2D eigenvalue weighted by atomic mass is 9.55. The molecule has 2 aliphatic carbocycles. The van der Waals surface area contributed by atoms with Crippen LogP contribution in [-0.2, 0) is 16.6 Å². The molecule has 0 radical (unpaired) electrons. The lowest BCUT2D eigenvalue weighted by molar-refractivity contribution is -0.133. The molecule has 0 aromatic heterocycles. The Morgan fingerprint density at radius 2 is 1.97 bits per heavy atom. The maximum Gasteiger partial charge on any atom is 0.224 e. The number of fused-ring (bicyclic) bond motifs is 1. The molecular weight excluding hydrogens is 483 g/mol. The Balaban J connectivity index is 1.36. The zero-order chi connectivity index (χ0) is 24.6. The van der Waals surface area contributed by atoms with Crippen LogP contribution in [0.5, 0.6) is 5.75 Å². The van der Waals surface area contributed by atoms with Gasteiger partial charge >= 0.3 is 0 Å². The predicted molar refractivity (Wildman–Crippen MR) is 139 cm³/mol. The van der Waals surface area contributed by atoms with Crippen LogP contribution in [0.3, 0.4) is 0 Å². The van der Waals surface area contributed by atoms with Crippen LogP contribution < -0.4 is 10.1 Å². The number of β-amino-alcohol motifs (C(OH)–C–C–N with tert-alkyl or cyclic N) is 1. The second kappa shape index (κ2) is 9.93. The number of hydrogen-bond acceptors (Lipinski definition) is 4. The standard InChI is InChI=1S/C28H34Cl2N2O3/c1-35-23-4-2-3-21(15-23)27-11-12-32(17-19-5-6-19)18-28(27,34)10-9-22(16-27)31-26(33)14-20-7-8-24(29)25(30)13-20/h2-4,7-8,13,15,19,22,34H,5-6,9-12,14,16-18H2,1H3,(H,31,33)/t22-,27?,28?/m0/s1. The summed E-state index contributed by atoms with van der Waals surface area (Å²) in [5.41, 5.74) is 0.674. The van der Waals surface area contributed by atoms with Crippen molar-refractivity contribution < 1.29 is 14.6 Å². The van der Waals surface area contributed by atoms with E-state index >= 15 is 0 Å². The highest BCUT2D eigenvalue weighted by atomic mass is 35.5. The van der Waals surface area contributed by atoms with Gasteiger partial charge < -0.3 is 20.1 Å². The summed E-state index contributed by atoms with van der Waals surface area (Å²) in [6, 6.07) is 13.4. The number of nitrogens with one attached hydrogen (secondary N) is 1. The summed E-state index contributed by atoms with van der Waals surface area (Å²) >= 11 is 12.2. The van der Waals surface area contributed by atoms with Crippen molar-refractivity contribution in [2.45, 2.75) is 62.0 Å². The highest BCUT2D eigenvalue weighted by Crippen LogP contribution is 2.52. The molecule has 0 spiro atoms. The largest absolute Gasteiger partial charge is 0.497 e. The number of amides is 1. The zero-order valence-corrected chi connectivity index (χ0v) is 21.7. The first kappa shape index (κ1) is 24.9. The van der Waals surface area contributed by atoms with E-state index in [1.807, 2.05) is 18.2 Å². The molecule has 35 heavy (non-hydrogen) atoms. The second-order valence-corrected chi connectivity index (χ2v) is 11.5. The van der Waals surface area contributed by atoms with Crippen molar-refractivity contribution in [1.82, 2.24) is 10.2 Å². The number of benzene rings is 2. The summed E-state index contributed by atoms with van der Waals surface area (Å²) in [6.45, 7) is 2.73. The summed E-state index contributed by atoms with van der Waals surface area (Å²) < 4.78 is 5.53. The Labute approximate surface area is 217 Å². The number of ether oxygens (including phenoxy) is 1. The first-order chi connectivity index (χ1) is 16.8. The fourth-order valence-corrected chi connectivity index (χ4v) is 6.56. The number of carbonyl (C=O) groups excluding carboxylic acids is 1. The Morgan fingerprint density at radius 3 is 2.71 bits per heavy atom. The molecule has 3 atom stereocenters. The second-order valence-electron chi connectivity index (χ2n) is 10.7. The molecule has 2 aromatic carbocycles. The van der Waals surface area contributed by atoms with E-state index in [0.717, 1.165) is 48.7 Å². The van der Waals surface area contributed by atoms with E-state index in [9.17, 15) is 9.90 Å². The third kappa shape index (κ3) is 5.20. The third-order valence-corrected chi connectivity index (χ3v) is 9.02. The average molecular weight is 517 g/mol. The fourth-order valence-electron chi connectivity index (χ4n) is 6.24. The van der Waals surface area contributed by atoms with Crippen molar-refractivity contribution in [3.05, 3.63) is 63.6 Å². The van der Waals surface area contributed by atoms with Crippen LogP contribution in [0.4, 0.5) is 0 Å². The molecule has 2 N–H and O–H groups in total. The third-order valence-electron chi connectivity index (χ3n) is 8.28. The lowest BCUT2D eigenvalue weighted by Gasteiger charge is -2.58. The number of piperidine rings is 1. The molecule has 1 amide bonds. The van der Waals surface area contributed by atoms with Crippen LogP contribution >= 0.6 is 23.2 Å². The number of halogens is 2. The minimum absolute atomic E-state index is 0.00766. The number of likely N-dealkylation sites (tertiary alicyclic amines) is 1. The van der Waals surface area contributed by atoms with E-state index in [1.165, 1.54) is 12.8 Å². The number of rotatable bonds is 7. The number of carbonyl (C=O) groups is 1. The predicted octanol–water partition coefficient (Wildman–Crippen LogP) is 5.00. The molecule has 7 heteroatoms. The normalized spacial score (nSPS) is 28.9. The molecule has 1 heterocycles. The molecular formula is C28H34Cl2N2O3. The minimum Gasteiger partial charge on any atom is -0.497 e. The first-order valence-corrected chi connectivity index (χ1v) is 13.4. The molecule has 2 unspecified atom stereocenters. The van der Waals surface area contributed by atoms with Gasteiger partial charge in [-0.1, -0.05) is 41.4 Å². The van der Waals surface area contributed by atoms with Crippen molar-refractivity contribution in [2.24, 2.45) is 5.92 Å². The van der Waals surface area contributed by atoms with Crippen LogP contribution in [0.25, 0.3) is 0 Å². The van der Waals surface area contributed by atoms with Gasteiger partial charge in [0.05, 0.1) is 29.2 Å². The van der Waals surface area contributed by atoms with Crippen LogP contribution in [0, 0.1) is 5.92 Å². The molecule has 188 valence electrons. The van der Waals surface area contributed by atoms with Crippen molar-refractivity contribution in [3.63, 3.8) is 0 Å². The maximum absolute atomic E-state index is 13.0. The molecule has 2 saturated carbocycles. The maximum atomic E-state index is 13.0. The van der Waals surface area contributed by atoms with E-state index in [1.54, 1.807) is 19.2 Å². The molecule has 1 saturated heterocycles. The van der Waals surface area contributed by atoms with Gasteiger partial charge in [-0.25, -0.2) is 0 Å². The Hall–Kier alpha value is -1.79. The zero-order valence-electron chi connectivity index (χ0n) is 20.2. The number of methoxy groups -OCH3 is 1. The van der Waals surface area contributed by atoms with Gasteiger partial charge in [0.15, 0.2) is 0 Å². The first-order valence-electron chi connectivity index (χ1n) is 12.6. The smallest absolute Gasteiger partial charge is 0.224 e. The van der Waals surface area contributed by atoms with Crippen LogP contribution in [0.1, 0.15) is 49.7 Å². The van der Waals surface area contributed by atoms with Gasteiger partial charge in [-0.15, -0.1) is 0 Å². The minimum atomic E-state index is -0.836. The lowest BCUT2D eigenvalue weighted by Crippen LogP contribution is -2.67. The van der Waals surface area contributed by atoms with Crippen molar-refractivity contribution in [2.75, 3.05) is 26.7 Å². The molecule has 5 nitrogen and oxygen atoms in total. The summed E-state index contributed by atoms with van der Waals surface area (Å²) in [5, 5.41) is 16.4. The van der Waals surface area contributed by atoms with Crippen LogP contribution in [-0.4, -0.2) is 54.3 Å². The van der Waals surface area contributed by atoms with Crippen LogP contribution in [0.2, 0.25) is 10.0 Å². The highest BCUT2D eigenvalue weighted by Gasteiger charge is 2.57. The Morgan fingerprint density at radius 1 is 1.14 bits per heavy atom. The average Bonchev–Trinajstić information content (AvgIpc) is 3.65. The van der Waals surface area contributed by atoms with Gasteiger partial charge in [0.2, 0.25) is 5.91 Å². The highest BCUT2D eigenvalue weighted by molar-refractivity contribution is 6.42. The summed E-state index contributed by atoms with van der Waals surface area (Å²) in [4.78, 5) is 15.4. The van der Waals surface area contributed by atoms with Gasteiger partial charge in [0, 0.05) is 24.5 Å². The number of hydrogen-bond donors (Lipinski definition) is 2. The molecule has 2 aromatic rings. The number of aliphatic hydroxyl groups is 1. The molecule has 5 rings (SSSR count). The van der Waals surface area contributed by atoms with Gasteiger partial charge in [-0.05, 0) is 86.4 Å². The van der Waals surface area contributed by atoms with E-state index in [0.29, 0.717) is 29.4 Å². The Kier molecular flexibility index (Phi) is 7.06. The van der Waals surface area contributed by atoms with Gasteiger partial charge in [-0.2, -0.15) is 0 Å². The van der Waals surface area contributed by atoms with Crippen molar-refractivity contribution in [3.8, 4) is 5.75 Å².